The van der Waals surface area contributed by atoms with E-state index in [1.165, 1.54) is 18.6 Å². The van der Waals surface area contributed by atoms with Crippen molar-refractivity contribution >= 4 is 7.12 Å². The summed E-state index contributed by atoms with van der Waals surface area (Å²) in [5.74, 6) is 0.822. The topological polar surface area (TPSA) is 44.5 Å². The summed E-state index contributed by atoms with van der Waals surface area (Å²) in [4.78, 5) is 0. The first kappa shape index (κ1) is 15.6. The van der Waals surface area contributed by atoms with E-state index in [0.29, 0.717) is 17.8 Å². The lowest BCUT2D eigenvalue weighted by molar-refractivity contribution is -0.199. The van der Waals surface area contributed by atoms with Crippen LogP contribution in [0.3, 0.4) is 0 Å². The van der Waals surface area contributed by atoms with Crippen LogP contribution in [0.25, 0.3) is 0 Å². The zero-order valence-electron chi connectivity index (χ0n) is 14.1. The van der Waals surface area contributed by atoms with Gasteiger partial charge in [0.25, 0.3) is 0 Å². The lowest BCUT2D eigenvalue weighted by Crippen LogP contribution is -2.65. The summed E-state index contributed by atoms with van der Waals surface area (Å²) in [6, 6.07) is 6.49. The third-order valence-corrected chi connectivity index (χ3v) is 6.70. The molecule has 0 aromatic heterocycles. The molecule has 0 radical (unpaired) electrons. The van der Waals surface area contributed by atoms with Crippen molar-refractivity contribution in [2.75, 3.05) is 0 Å². The van der Waals surface area contributed by atoms with Crippen LogP contribution in [0.15, 0.2) is 24.3 Å². The van der Waals surface area contributed by atoms with E-state index in [9.17, 15) is 4.39 Å². The molecule has 3 nitrogen and oxygen atoms in total. The monoisotopic (exact) mass is 317 g/mol. The van der Waals surface area contributed by atoms with Gasteiger partial charge in [-0.15, -0.1) is 0 Å². The fraction of sp³-hybridized carbons (Fsp3) is 0.667. The second-order valence-corrected chi connectivity index (χ2v) is 8.33. The second-order valence-electron chi connectivity index (χ2n) is 8.33. The molecule has 5 atom stereocenters. The first-order valence-corrected chi connectivity index (χ1v) is 8.64. The minimum atomic E-state index is -0.370. The molecule has 3 saturated carbocycles. The maximum absolute atomic E-state index is 13.0. The normalized spacial score (nSPS) is 38.8. The summed E-state index contributed by atoms with van der Waals surface area (Å²) in [7, 11) is -0.370. The third-order valence-electron chi connectivity index (χ3n) is 6.70. The Kier molecular flexibility index (Phi) is 3.42. The van der Waals surface area contributed by atoms with Gasteiger partial charge in [0.15, 0.2) is 0 Å². The van der Waals surface area contributed by atoms with Crippen LogP contribution in [0.1, 0.15) is 39.2 Å². The Bertz CT molecular complexity index is 608. The first-order valence-electron chi connectivity index (χ1n) is 8.64. The molecule has 1 saturated heterocycles. The molecule has 124 valence electrons. The summed E-state index contributed by atoms with van der Waals surface area (Å²) in [5.41, 5.74) is 7.47. The molecule has 5 rings (SSSR count). The maximum Gasteiger partial charge on any atom is 0.475 e. The molecule has 3 aliphatic carbocycles. The number of benzene rings is 1. The van der Waals surface area contributed by atoms with Crippen molar-refractivity contribution in [2.45, 2.75) is 57.7 Å². The van der Waals surface area contributed by atoms with Crippen molar-refractivity contribution < 1.29 is 13.7 Å². The first-order chi connectivity index (χ1) is 10.8. The van der Waals surface area contributed by atoms with Crippen LogP contribution in [-0.4, -0.2) is 24.8 Å². The lowest BCUT2D eigenvalue weighted by atomic mass is 9.43. The van der Waals surface area contributed by atoms with E-state index < -0.39 is 0 Å². The lowest BCUT2D eigenvalue weighted by Gasteiger charge is -2.64. The maximum atomic E-state index is 13.0. The van der Waals surface area contributed by atoms with Crippen molar-refractivity contribution in [1.29, 1.82) is 0 Å². The van der Waals surface area contributed by atoms with E-state index in [1.807, 2.05) is 0 Å². The van der Waals surface area contributed by atoms with E-state index in [0.717, 1.165) is 17.9 Å². The molecule has 4 aliphatic rings. The highest BCUT2D eigenvalue weighted by atomic mass is 19.1. The minimum Gasteiger partial charge on any atom is -0.404 e. The van der Waals surface area contributed by atoms with Crippen molar-refractivity contribution in [3.8, 4) is 0 Å². The Hall–Kier alpha value is -0.905. The van der Waals surface area contributed by atoms with Gasteiger partial charge in [0.05, 0.1) is 11.7 Å². The zero-order chi connectivity index (χ0) is 16.4. The smallest absolute Gasteiger partial charge is 0.404 e. The van der Waals surface area contributed by atoms with E-state index in [1.54, 1.807) is 12.1 Å². The van der Waals surface area contributed by atoms with E-state index in [4.69, 9.17) is 15.0 Å². The highest BCUT2D eigenvalue weighted by Gasteiger charge is 2.68. The summed E-state index contributed by atoms with van der Waals surface area (Å²) in [5, 5.41) is 0. The SMILES string of the molecule is CC1(C)[C@H]2C[C@@H]3OB([C@H](N)Cc4ccc(F)cc4)O[C@]3(C)[C@@H]1C2. The van der Waals surface area contributed by atoms with Crippen LogP contribution in [0, 0.1) is 23.1 Å². The fourth-order valence-electron chi connectivity index (χ4n) is 5.07. The van der Waals surface area contributed by atoms with Crippen LogP contribution in [0.5, 0.6) is 0 Å². The highest BCUT2D eigenvalue weighted by molar-refractivity contribution is 6.47. The molecule has 0 unspecified atom stereocenters. The molecule has 5 heteroatoms. The zero-order valence-corrected chi connectivity index (χ0v) is 14.1. The van der Waals surface area contributed by atoms with Crippen LogP contribution in [0.4, 0.5) is 4.39 Å². The summed E-state index contributed by atoms with van der Waals surface area (Å²) < 4.78 is 25.6. The number of halogens is 1. The van der Waals surface area contributed by atoms with Crippen molar-refractivity contribution in [2.24, 2.45) is 23.0 Å². The molecule has 0 amide bonds. The molecule has 0 spiro atoms. The third kappa shape index (κ3) is 2.28. The van der Waals surface area contributed by atoms with Crippen LogP contribution < -0.4 is 5.73 Å². The molecule has 2 N–H and O–H groups in total. The number of nitrogens with two attached hydrogens (primary N) is 1. The Balaban J connectivity index is 1.47. The molecule has 4 fully saturated rings. The number of rotatable bonds is 3. The van der Waals surface area contributed by atoms with Gasteiger partial charge in [-0.1, -0.05) is 26.0 Å². The quantitative estimate of drug-likeness (QED) is 0.872. The number of hydrogen-bond donors (Lipinski definition) is 1. The van der Waals surface area contributed by atoms with Gasteiger partial charge in [-0.2, -0.15) is 0 Å². The molecular weight excluding hydrogens is 292 g/mol. The largest absolute Gasteiger partial charge is 0.475 e. The molecule has 1 heterocycles. The van der Waals surface area contributed by atoms with E-state index in [-0.39, 0.29) is 30.6 Å². The van der Waals surface area contributed by atoms with Crippen LogP contribution in [-0.2, 0) is 15.7 Å². The van der Waals surface area contributed by atoms with E-state index >= 15 is 0 Å². The van der Waals surface area contributed by atoms with Gasteiger partial charge in [-0.25, -0.2) is 4.39 Å². The average molecular weight is 317 g/mol. The molecule has 1 aromatic carbocycles. The van der Waals surface area contributed by atoms with Crippen molar-refractivity contribution in [3.63, 3.8) is 0 Å². The average Bonchev–Trinajstić information content (AvgIpc) is 2.86. The van der Waals surface area contributed by atoms with Gasteiger partial charge >= 0.3 is 7.12 Å². The fourth-order valence-corrected chi connectivity index (χ4v) is 5.07. The van der Waals surface area contributed by atoms with Crippen LogP contribution in [0.2, 0.25) is 0 Å². The summed E-state index contributed by atoms with van der Waals surface area (Å²) in [6.45, 7) is 6.90. The molecular formula is C18H25BFNO2. The second kappa shape index (κ2) is 5.04. The Morgan fingerprint density at radius 3 is 2.61 bits per heavy atom. The van der Waals surface area contributed by atoms with Gasteiger partial charge in [-0.05, 0) is 61.1 Å². The Morgan fingerprint density at radius 1 is 1.26 bits per heavy atom. The van der Waals surface area contributed by atoms with Gasteiger partial charge in [0, 0.05) is 5.94 Å². The predicted octanol–water partition coefficient (Wildman–Crippen LogP) is 2.96. The predicted molar refractivity (Wildman–Crippen MR) is 88.2 cm³/mol. The van der Waals surface area contributed by atoms with Crippen molar-refractivity contribution in [3.05, 3.63) is 35.6 Å². The van der Waals surface area contributed by atoms with Gasteiger partial charge in [0.1, 0.15) is 5.82 Å². The molecule has 2 bridgehead atoms. The Labute approximate surface area is 137 Å². The standard InChI is InChI=1S/C18H25BFNO2/c1-17(2)12-9-14(17)18(3)15(10-12)22-19(23-18)16(21)8-11-4-6-13(20)7-5-11/h4-7,12,14-16H,8-10,21H2,1-3H3/t12-,14-,15+,16-,18-/m1/s1. The summed E-state index contributed by atoms with van der Waals surface area (Å²) in [6.07, 6.45) is 3.09. The molecule has 23 heavy (non-hydrogen) atoms. The molecule has 1 aliphatic heterocycles. The van der Waals surface area contributed by atoms with Crippen LogP contribution >= 0.6 is 0 Å². The number of hydrogen-bond acceptors (Lipinski definition) is 3. The van der Waals surface area contributed by atoms with Gasteiger partial charge in [-0.3, -0.25) is 0 Å². The van der Waals surface area contributed by atoms with E-state index in [2.05, 4.69) is 20.8 Å². The van der Waals surface area contributed by atoms with Gasteiger partial charge in [0.2, 0.25) is 0 Å². The highest BCUT2D eigenvalue weighted by Crippen LogP contribution is 2.65. The summed E-state index contributed by atoms with van der Waals surface area (Å²) >= 11 is 0. The van der Waals surface area contributed by atoms with Gasteiger partial charge < -0.3 is 15.0 Å². The van der Waals surface area contributed by atoms with Crippen molar-refractivity contribution in [1.82, 2.24) is 0 Å². The Morgan fingerprint density at radius 2 is 1.96 bits per heavy atom. The molecule has 1 aromatic rings. The minimum absolute atomic E-state index is 0.156.